The van der Waals surface area contributed by atoms with Crippen molar-refractivity contribution in [3.63, 3.8) is 0 Å². The number of nitrogens with zero attached hydrogens (tertiary/aromatic N) is 1. The van der Waals surface area contributed by atoms with Crippen LogP contribution in [0.3, 0.4) is 0 Å². The summed E-state index contributed by atoms with van der Waals surface area (Å²) in [5, 5.41) is 12.2. The van der Waals surface area contributed by atoms with Gasteiger partial charge in [-0.15, -0.1) is 0 Å². The zero-order valence-electron chi connectivity index (χ0n) is 14.2. The van der Waals surface area contributed by atoms with Gasteiger partial charge in [0.15, 0.2) is 0 Å². The van der Waals surface area contributed by atoms with Gasteiger partial charge >= 0.3 is 5.97 Å². The Hall–Kier alpha value is -2.37. The standard InChI is InChI=1S/C18H24N2O4/c1-3-9-19-15(21)13-6-4-7-14(11-13)16(22)20-10-5-8-18(2,12-20)17(23)24/h4,6-7,11H,3,5,8-10,12H2,1-2H3,(H,19,21)(H,23,24). The number of rotatable bonds is 5. The van der Waals surface area contributed by atoms with E-state index in [4.69, 9.17) is 0 Å². The van der Waals surface area contributed by atoms with E-state index in [1.54, 1.807) is 36.1 Å². The van der Waals surface area contributed by atoms with E-state index < -0.39 is 11.4 Å². The van der Waals surface area contributed by atoms with Gasteiger partial charge in [0.1, 0.15) is 0 Å². The van der Waals surface area contributed by atoms with Crippen molar-refractivity contribution in [1.29, 1.82) is 0 Å². The smallest absolute Gasteiger partial charge is 0.311 e. The number of amides is 2. The van der Waals surface area contributed by atoms with Gasteiger partial charge in [0.25, 0.3) is 11.8 Å². The molecule has 0 radical (unpaired) electrons. The summed E-state index contributed by atoms with van der Waals surface area (Å²) < 4.78 is 0. The van der Waals surface area contributed by atoms with Gasteiger partial charge in [0.05, 0.1) is 5.41 Å². The first kappa shape index (κ1) is 18.0. The number of benzene rings is 1. The Labute approximate surface area is 141 Å². The van der Waals surface area contributed by atoms with Crippen molar-refractivity contribution in [3.05, 3.63) is 35.4 Å². The third kappa shape index (κ3) is 3.93. The van der Waals surface area contributed by atoms with Crippen LogP contribution < -0.4 is 5.32 Å². The van der Waals surface area contributed by atoms with Crippen LogP contribution in [0, 0.1) is 5.41 Å². The predicted octanol–water partition coefficient (Wildman–Crippen LogP) is 2.15. The van der Waals surface area contributed by atoms with Crippen LogP contribution in [-0.4, -0.2) is 47.4 Å². The highest BCUT2D eigenvalue weighted by atomic mass is 16.4. The van der Waals surface area contributed by atoms with E-state index in [1.807, 2.05) is 6.92 Å². The maximum absolute atomic E-state index is 12.7. The minimum absolute atomic E-state index is 0.188. The van der Waals surface area contributed by atoms with Crippen LogP contribution >= 0.6 is 0 Å². The number of likely N-dealkylation sites (tertiary alicyclic amines) is 1. The van der Waals surface area contributed by atoms with Crippen molar-refractivity contribution >= 4 is 17.8 Å². The van der Waals surface area contributed by atoms with Gasteiger partial charge in [-0.25, -0.2) is 0 Å². The molecule has 1 fully saturated rings. The fraction of sp³-hybridized carbons (Fsp3) is 0.500. The summed E-state index contributed by atoms with van der Waals surface area (Å²) in [4.78, 5) is 37.7. The first-order valence-corrected chi connectivity index (χ1v) is 8.28. The van der Waals surface area contributed by atoms with Gasteiger partial charge in [-0.3, -0.25) is 14.4 Å². The average Bonchev–Trinajstić information content (AvgIpc) is 2.59. The largest absolute Gasteiger partial charge is 0.481 e. The van der Waals surface area contributed by atoms with Crippen molar-refractivity contribution in [2.24, 2.45) is 5.41 Å². The molecule has 24 heavy (non-hydrogen) atoms. The molecule has 2 N–H and O–H groups in total. The van der Waals surface area contributed by atoms with Gasteiger partial charge in [0.2, 0.25) is 0 Å². The molecule has 1 saturated heterocycles. The van der Waals surface area contributed by atoms with Gasteiger partial charge in [0, 0.05) is 30.8 Å². The van der Waals surface area contributed by atoms with E-state index in [-0.39, 0.29) is 18.4 Å². The quantitative estimate of drug-likeness (QED) is 0.865. The van der Waals surface area contributed by atoms with E-state index in [9.17, 15) is 19.5 Å². The molecule has 0 aliphatic carbocycles. The molecule has 1 aromatic carbocycles. The number of nitrogens with one attached hydrogen (secondary N) is 1. The van der Waals surface area contributed by atoms with Gasteiger partial charge < -0.3 is 15.3 Å². The third-order valence-electron chi connectivity index (χ3n) is 4.41. The Morgan fingerprint density at radius 2 is 2.00 bits per heavy atom. The second kappa shape index (κ2) is 7.47. The molecule has 0 saturated carbocycles. The molecule has 1 aliphatic heterocycles. The lowest BCUT2D eigenvalue weighted by Crippen LogP contribution is -2.48. The minimum atomic E-state index is -0.913. The van der Waals surface area contributed by atoms with Crippen molar-refractivity contribution in [3.8, 4) is 0 Å². The molecule has 6 heteroatoms. The molecule has 2 rings (SSSR count). The number of aliphatic carboxylic acids is 1. The molecular weight excluding hydrogens is 308 g/mol. The predicted molar refractivity (Wildman–Crippen MR) is 89.9 cm³/mol. The summed E-state index contributed by atoms with van der Waals surface area (Å²) >= 11 is 0. The van der Waals surface area contributed by atoms with E-state index >= 15 is 0 Å². The van der Waals surface area contributed by atoms with E-state index in [2.05, 4.69) is 5.32 Å². The van der Waals surface area contributed by atoms with Crippen LogP contribution in [0.2, 0.25) is 0 Å². The maximum Gasteiger partial charge on any atom is 0.311 e. The van der Waals surface area contributed by atoms with E-state index in [1.165, 1.54) is 0 Å². The molecule has 0 aromatic heterocycles. The van der Waals surface area contributed by atoms with E-state index in [0.717, 1.165) is 6.42 Å². The molecule has 0 spiro atoms. The Morgan fingerprint density at radius 3 is 2.67 bits per heavy atom. The Balaban J connectivity index is 2.15. The van der Waals surface area contributed by atoms with Crippen LogP contribution in [0.4, 0.5) is 0 Å². The molecule has 130 valence electrons. The van der Waals surface area contributed by atoms with Crippen LogP contribution in [0.5, 0.6) is 0 Å². The summed E-state index contributed by atoms with van der Waals surface area (Å²) in [6.07, 6.45) is 2.06. The van der Waals surface area contributed by atoms with Gasteiger partial charge in [-0.05, 0) is 44.4 Å². The Bertz CT molecular complexity index is 644. The first-order chi connectivity index (χ1) is 11.4. The molecular formula is C18H24N2O4. The van der Waals surface area contributed by atoms with Gasteiger partial charge in [-0.2, -0.15) is 0 Å². The molecule has 1 heterocycles. The summed E-state index contributed by atoms with van der Waals surface area (Å²) in [7, 11) is 0. The molecule has 6 nitrogen and oxygen atoms in total. The van der Waals surface area contributed by atoms with Crippen LogP contribution in [0.1, 0.15) is 53.8 Å². The number of hydrogen-bond donors (Lipinski definition) is 2. The molecule has 1 unspecified atom stereocenters. The highest BCUT2D eigenvalue weighted by molar-refractivity contribution is 5.99. The monoisotopic (exact) mass is 332 g/mol. The zero-order chi connectivity index (χ0) is 17.7. The fourth-order valence-electron chi connectivity index (χ4n) is 2.90. The second-order valence-electron chi connectivity index (χ2n) is 6.53. The fourth-order valence-corrected chi connectivity index (χ4v) is 2.90. The van der Waals surface area contributed by atoms with Crippen molar-refractivity contribution in [1.82, 2.24) is 10.2 Å². The van der Waals surface area contributed by atoms with Crippen molar-refractivity contribution < 1.29 is 19.5 Å². The molecule has 2 amide bonds. The summed E-state index contributed by atoms with van der Waals surface area (Å²) in [5.41, 5.74) is -0.0644. The average molecular weight is 332 g/mol. The lowest BCUT2D eigenvalue weighted by molar-refractivity contribution is -0.150. The lowest BCUT2D eigenvalue weighted by Gasteiger charge is -2.37. The normalized spacial score (nSPS) is 20.5. The zero-order valence-corrected chi connectivity index (χ0v) is 14.2. The first-order valence-electron chi connectivity index (χ1n) is 8.28. The Morgan fingerprint density at radius 1 is 1.29 bits per heavy atom. The highest BCUT2D eigenvalue weighted by Crippen LogP contribution is 2.30. The molecule has 1 aliphatic rings. The van der Waals surface area contributed by atoms with Crippen molar-refractivity contribution in [2.45, 2.75) is 33.1 Å². The number of carbonyl (C=O) groups is 3. The number of piperidine rings is 1. The van der Waals surface area contributed by atoms with Crippen LogP contribution in [-0.2, 0) is 4.79 Å². The number of hydrogen-bond acceptors (Lipinski definition) is 3. The summed E-state index contributed by atoms with van der Waals surface area (Å²) in [6, 6.07) is 6.57. The summed E-state index contributed by atoms with van der Waals surface area (Å²) in [5.74, 6) is -1.32. The van der Waals surface area contributed by atoms with E-state index in [0.29, 0.717) is 37.1 Å². The highest BCUT2D eigenvalue weighted by Gasteiger charge is 2.39. The topological polar surface area (TPSA) is 86.7 Å². The number of carbonyl (C=O) groups excluding carboxylic acids is 2. The SMILES string of the molecule is CCCNC(=O)c1cccc(C(=O)N2CCCC(C)(C(=O)O)C2)c1. The molecule has 1 aromatic rings. The maximum atomic E-state index is 12.7. The molecule has 1 atom stereocenters. The Kier molecular flexibility index (Phi) is 5.59. The second-order valence-corrected chi connectivity index (χ2v) is 6.53. The lowest BCUT2D eigenvalue weighted by atomic mass is 9.82. The van der Waals surface area contributed by atoms with Crippen LogP contribution in [0.15, 0.2) is 24.3 Å². The van der Waals surface area contributed by atoms with Gasteiger partial charge in [-0.1, -0.05) is 13.0 Å². The minimum Gasteiger partial charge on any atom is -0.481 e. The number of carboxylic acids is 1. The summed E-state index contributed by atoms with van der Waals surface area (Å²) in [6.45, 7) is 4.95. The third-order valence-corrected chi connectivity index (χ3v) is 4.41. The molecule has 0 bridgehead atoms. The number of carboxylic acid groups (broad SMARTS) is 1. The van der Waals surface area contributed by atoms with Crippen molar-refractivity contribution in [2.75, 3.05) is 19.6 Å². The van der Waals surface area contributed by atoms with Crippen LogP contribution in [0.25, 0.3) is 0 Å².